The van der Waals surface area contributed by atoms with Gasteiger partial charge in [-0.25, -0.2) is 0 Å². The molecule has 1 aliphatic heterocycles. The molecule has 0 aromatic rings. The van der Waals surface area contributed by atoms with E-state index in [1.54, 1.807) is 0 Å². The van der Waals surface area contributed by atoms with E-state index in [-0.39, 0.29) is 0 Å². The first-order valence-corrected chi connectivity index (χ1v) is 5.49. The predicted octanol–water partition coefficient (Wildman–Crippen LogP) is 2.28. The standard InChI is InChI=1S/C11H21N/c1-8-3-4-10-7-12-6-5-11(10)9(8)2/h8-12H,3-7H2,1-2H3. The lowest BCUT2D eigenvalue weighted by Crippen LogP contribution is -2.43. The first kappa shape index (κ1) is 8.55. The third kappa shape index (κ3) is 1.39. The molecule has 4 unspecified atom stereocenters. The Morgan fingerprint density at radius 1 is 1.08 bits per heavy atom. The van der Waals surface area contributed by atoms with Crippen LogP contribution in [0.1, 0.15) is 33.1 Å². The average Bonchev–Trinajstić information content (AvgIpc) is 2.12. The maximum atomic E-state index is 3.52. The molecule has 0 spiro atoms. The molecule has 0 aromatic carbocycles. The molecule has 0 aromatic heterocycles. The van der Waals surface area contributed by atoms with Crippen molar-refractivity contribution in [2.75, 3.05) is 13.1 Å². The van der Waals surface area contributed by atoms with Gasteiger partial charge in [-0.15, -0.1) is 0 Å². The molecule has 0 radical (unpaired) electrons. The Kier molecular flexibility index (Phi) is 2.40. The lowest BCUT2D eigenvalue weighted by atomic mass is 9.65. The Balaban J connectivity index is 2.03. The molecule has 1 heteroatoms. The Morgan fingerprint density at radius 2 is 1.92 bits per heavy atom. The second-order valence-corrected chi connectivity index (χ2v) is 4.83. The van der Waals surface area contributed by atoms with Gasteiger partial charge in [0.1, 0.15) is 0 Å². The minimum Gasteiger partial charge on any atom is -0.316 e. The number of fused-ring (bicyclic) bond motifs is 1. The molecule has 1 heterocycles. The fourth-order valence-corrected chi connectivity index (χ4v) is 3.11. The van der Waals surface area contributed by atoms with Crippen LogP contribution in [-0.2, 0) is 0 Å². The summed E-state index contributed by atoms with van der Waals surface area (Å²) in [4.78, 5) is 0. The van der Waals surface area contributed by atoms with Crippen LogP contribution in [0.5, 0.6) is 0 Å². The average molecular weight is 167 g/mol. The molecule has 0 amide bonds. The molecule has 2 rings (SSSR count). The van der Waals surface area contributed by atoms with Gasteiger partial charge >= 0.3 is 0 Å². The minimum atomic E-state index is 0.976. The largest absolute Gasteiger partial charge is 0.316 e. The van der Waals surface area contributed by atoms with E-state index in [0.29, 0.717) is 0 Å². The number of nitrogens with one attached hydrogen (secondary N) is 1. The summed E-state index contributed by atoms with van der Waals surface area (Å²) in [6, 6.07) is 0. The summed E-state index contributed by atoms with van der Waals surface area (Å²) in [6.45, 7) is 7.45. The lowest BCUT2D eigenvalue weighted by Gasteiger charge is -2.43. The van der Waals surface area contributed by atoms with E-state index in [1.165, 1.54) is 32.4 Å². The Hall–Kier alpha value is -0.0400. The molecular weight excluding hydrogens is 146 g/mol. The fourth-order valence-electron chi connectivity index (χ4n) is 3.11. The normalized spacial score (nSPS) is 48.5. The van der Waals surface area contributed by atoms with Crippen LogP contribution in [0.15, 0.2) is 0 Å². The van der Waals surface area contributed by atoms with E-state index in [1.807, 2.05) is 0 Å². The van der Waals surface area contributed by atoms with E-state index in [0.717, 1.165) is 23.7 Å². The Labute approximate surface area is 75.9 Å². The van der Waals surface area contributed by atoms with Gasteiger partial charge in [0.15, 0.2) is 0 Å². The molecule has 1 saturated heterocycles. The highest BCUT2D eigenvalue weighted by atomic mass is 14.9. The van der Waals surface area contributed by atoms with Gasteiger partial charge in [-0.05, 0) is 49.6 Å². The van der Waals surface area contributed by atoms with Crippen molar-refractivity contribution in [1.29, 1.82) is 0 Å². The van der Waals surface area contributed by atoms with Gasteiger partial charge in [-0.3, -0.25) is 0 Å². The molecule has 2 aliphatic rings. The summed E-state index contributed by atoms with van der Waals surface area (Å²) in [5.41, 5.74) is 0. The summed E-state index contributed by atoms with van der Waals surface area (Å²) in [7, 11) is 0. The molecule has 2 fully saturated rings. The molecule has 1 nitrogen and oxygen atoms in total. The van der Waals surface area contributed by atoms with Crippen molar-refractivity contribution in [3.05, 3.63) is 0 Å². The Bertz CT molecular complexity index is 153. The molecule has 12 heavy (non-hydrogen) atoms. The summed E-state index contributed by atoms with van der Waals surface area (Å²) < 4.78 is 0. The quantitative estimate of drug-likeness (QED) is 0.583. The summed E-state index contributed by atoms with van der Waals surface area (Å²) in [5, 5.41) is 3.52. The molecule has 1 saturated carbocycles. The van der Waals surface area contributed by atoms with Gasteiger partial charge in [0.2, 0.25) is 0 Å². The molecule has 4 atom stereocenters. The fraction of sp³-hybridized carbons (Fsp3) is 1.00. The van der Waals surface area contributed by atoms with E-state index < -0.39 is 0 Å². The summed E-state index contributed by atoms with van der Waals surface area (Å²) >= 11 is 0. The van der Waals surface area contributed by atoms with Crippen molar-refractivity contribution < 1.29 is 0 Å². The zero-order valence-electron chi connectivity index (χ0n) is 8.34. The third-order valence-corrected chi connectivity index (χ3v) is 4.23. The van der Waals surface area contributed by atoms with Crippen LogP contribution in [0.4, 0.5) is 0 Å². The van der Waals surface area contributed by atoms with Crippen molar-refractivity contribution in [1.82, 2.24) is 5.32 Å². The van der Waals surface area contributed by atoms with Crippen molar-refractivity contribution in [3.63, 3.8) is 0 Å². The van der Waals surface area contributed by atoms with E-state index >= 15 is 0 Å². The third-order valence-electron chi connectivity index (χ3n) is 4.23. The van der Waals surface area contributed by atoms with Gasteiger partial charge in [-0.1, -0.05) is 20.3 Å². The second-order valence-electron chi connectivity index (χ2n) is 4.83. The monoisotopic (exact) mass is 167 g/mol. The smallest absolute Gasteiger partial charge is 0.00178 e. The maximum Gasteiger partial charge on any atom is -0.00178 e. The second kappa shape index (κ2) is 3.37. The van der Waals surface area contributed by atoms with Crippen LogP contribution in [0, 0.1) is 23.7 Å². The van der Waals surface area contributed by atoms with Crippen molar-refractivity contribution in [2.45, 2.75) is 33.1 Å². The maximum absolute atomic E-state index is 3.52. The summed E-state index contributed by atoms with van der Waals surface area (Å²) in [6.07, 6.45) is 4.36. The van der Waals surface area contributed by atoms with Crippen molar-refractivity contribution >= 4 is 0 Å². The van der Waals surface area contributed by atoms with Crippen molar-refractivity contribution in [3.8, 4) is 0 Å². The van der Waals surface area contributed by atoms with Gasteiger partial charge in [-0.2, -0.15) is 0 Å². The SMILES string of the molecule is CC1CCC2CNCCC2C1C. The van der Waals surface area contributed by atoms with Gasteiger partial charge in [0.05, 0.1) is 0 Å². The number of piperidine rings is 1. The molecular formula is C11H21N. The predicted molar refractivity (Wildman–Crippen MR) is 52.0 cm³/mol. The topological polar surface area (TPSA) is 12.0 Å². The zero-order valence-corrected chi connectivity index (χ0v) is 8.34. The van der Waals surface area contributed by atoms with Crippen molar-refractivity contribution in [2.24, 2.45) is 23.7 Å². The van der Waals surface area contributed by atoms with E-state index in [2.05, 4.69) is 19.2 Å². The summed E-state index contributed by atoms with van der Waals surface area (Å²) in [5.74, 6) is 4.00. The van der Waals surface area contributed by atoms with Crippen LogP contribution in [0.2, 0.25) is 0 Å². The highest BCUT2D eigenvalue weighted by molar-refractivity contribution is 4.87. The van der Waals surface area contributed by atoms with Gasteiger partial charge in [0, 0.05) is 0 Å². The van der Waals surface area contributed by atoms with E-state index in [9.17, 15) is 0 Å². The highest BCUT2D eigenvalue weighted by Crippen LogP contribution is 2.41. The van der Waals surface area contributed by atoms with Crippen LogP contribution < -0.4 is 5.32 Å². The van der Waals surface area contributed by atoms with Crippen LogP contribution in [-0.4, -0.2) is 13.1 Å². The van der Waals surface area contributed by atoms with Gasteiger partial charge < -0.3 is 5.32 Å². The number of hydrogen-bond acceptors (Lipinski definition) is 1. The van der Waals surface area contributed by atoms with Crippen LogP contribution >= 0.6 is 0 Å². The number of hydrogen-bond donors (Lipinski definition) is 1. The van der Waals surface area contributed by atoms with Gasteiger partial charge in [0.25, 0.3) is 0 Å². The zero-order chi connectivity index (χ0) is 8.55. The minimum absolute atomic E-state index is 0.976. The lowest BCUT2D eigenvalue weighted by molar-refractivity contribution is 0.0833. The van der Waals surface area contributed by atoms with E-state index in [4.69, 9.17) is 0 Å². The van der Waals surface area contributed by atoms with Crippen LogP contribution in [0.25, 0.3) is 0 Å². The molecule has 0 bridgehead atoms. The first-order chi connectivity index (χ1) is 5.79. The Morgan fingerprint density at radius 3 is 2.75 bits per heavy atom. The van der Waals surface area contributed by atoms with Crippen LogP contribution in [0.3, 0.4) is 0 Å². The molecule has 70 valence electrons. The number of rotatable bonds is 0. The molecule has 1 N–H and O–H groups in total. The first-order valence-electron chi connectivity index (χ1n) is 5.49. The highest BCUT2D eigenvalue weighted by Gasteiger charge is 2.35. The molecule has 1 aliphatic carbocycles.